The molecule has 0 N–H and O–H groups in total. The molecule has 1 aliphatic rings. The van der Waals surface area contributed by atoms with E-state index in [2.05, 4.69) is 30.0 Å². The summed E-state index contributed by atoms with van der Waals surface area (Å²) in [6.07, 6.45) is 2.33. The molecule has 1 aromatic rings. The van der Waals surface area contributed by atoms with Gasteiger partial charge >= 0.3 is 0 Å². The number of hydrogen-bond acceptors (Lipinski definition) is 4. The third kappa shape index (κ3) is 5.37. The first-order chi connectivity index (χ1) is 10.2. The highest BCUT2D eigenvalue weighted by Gasteiger charge is 2.20. The Labute approximate surface area is 127 Å². The zero-order chi connectivity index (χ0) is 15.1. The molecule has 1 fully saturated rings. The van der Waals surface area contributed by atoms with Gasteiger partial charge in [-0.2, -0.15) is 5.26 Å². The van der Waals surface area contributed by atoms with Crippen molar-refractivity contribution in [1.29, 1.82) is 5.26 Å². The van der Waals surface area contributed by atoms with Crippen LogP contribution in [0.1, 0.15) is 18.4 Å². The molecule has 1 heterocycles. The first-order valence-corrected chi connectivity index (χ1v) is 7.67. The average molecular weight is 287 g/mol. The highest BCUT2D eigenvalue weighted by atomic mass is 16.5. The molecule has 0 saturated carbocycles. The van der Waals surface area contributed by atoms with Crippen molar-refractivity contribution in [1.82, 2.24) is 9.80 Å². The standard InChI is InChI=1S/C17H25N3O/c1-19(13-16-7-9-20(2)14-16)8-4-10-21-17-6-3-5-15(11-17)12-18/h3,5-6,11,16H,4,7-10,13-14H2,1-2H3. The van der Waals surface area contributed by atoms with Gasteiger partial charge in [0.05, 0.1) is 18.2 Å². The van der Waals surface area contributed by atoms with Gasteiger partial charge in [0, 0.05) is 19.6 Å². The third-order valence-corrected chi connectivity index (χ3v) is 3.97. The van der Waals surface area contributed by atoms with E-state index >= 15 is 0 Å². The van der Waals surface area contributed by atoms with Crippen LogP contribution in [-0.2, 0) is 0 Å². The summed E-state index contributed by atoms with van der Waals surface area (Å²) in [6.45, 7) is 5.38. The minimum Gasteiger partial charge on any atom is -0.494 e. The third-order valence-electron chi connectivity index (χ3n) is 3.97. The Morgan fingerprint density at radius 2 is 2.33 bits per heavy atom. The molecule has 1 saturated heterocycles. The average Bonchev–Trinajstić information content (AvgIpc) is 2.89. The van der Waals surface area contributed by atoms with Crippen LogP contribution in [0.5, 0.6) is 5.75 Å². The summed E-state index contributed by atoms with van der Waals surface area (Å²) < 4.78 is 5.70. The van der Waals surface area contributed by atoms with Crippen LogP contribution in [0, 0.1) is 17.2 Å². The van der Waals surface area contributed by atoms with E-state index in [9.17, 15) is 0 Å². The lowest BCUT2D eigenvalue weighted by molar-refractivity contribution is 0.238. The Bertz CT molecular complexity index is 483. The molecular weight excluding hydrogens is 262 g/mol. The molecule has 0 bridgehead atoms. The van der Waals surface area contributed by atoms with Crippen molar-refractivity contribution in [2.75, 3.05) is 46.9 Å². The van der Waals surface area contributed by atoms with Gasteiger partial charge in [0.25, 0.3) is 0 Å². The molecular formula is C17H25N3O. The predicted octanol–water partition coefficient (Wildman–Crippen LogP) is 2.21. The monoisotopic (exact) mass is 287 g/mol. The summed E-state index contributed by atoms with van der Waals surface area (Å²) in [7, 11) is 4.39. The van der Waals surface area contributed by atoms with Crippen LogP contribution in [0.15, 0.2) is 24.3 Å². The second-order valence-electron chi connectivity index (χ2n) is 6.02. The quantitative estimate of drug-likeness (QED) is 0.721. The number of ether oxygens (including phenoxy) is 1. The van der Waals surface area contributed by atoms with Gasteiger partial charge in [-0.15, -0.1) is 0 Å². The molecule has 1 atom stereocenters. The molecule has 1 aromatic carbocycles. The molecule has 0 radical (unpaired) electrons. The van der Waals surface area contributed by atoms with Crippen LogP contribution in [0.25, 0.3) is 0 Å². The van der Waals surface area contributed by atoms with E-state index < -0.39 is 0 Å². The maximum Gasteiger partial charge on any atom is 0.120 e. The van der Waals surface area contributed by atoms with E-state index in [1.54, 1.807) is 12.1 Å². The first kappa shape index (κ1) is 15.8. The van der Waals surface area contributed by atoms with Gasteiger partial charge in [0.15, 0.2) is 0 Å². The van der Waals surface area contributed by atoms with Gasteiger partial charge in [-0.1, -0.05) is 6.07 Å². The van der Waals surface area contributed by atoms with E-state index in [1.165, 1.54) is 26.1 Å². The minimum absolute atomic E-state index is 0.648. The number of likely N-dealkylation sites (tertiary alicyclic amines) is 1. The Hall–Kier alpha value is -1.57. The zero-order valence-electron chi connectivity index (χ0n) is 13.1. The molecule has 0 amide bonds. The molecule has 0 spiro atoms. The lowest BCUT2D eigenvalue weighted by Gasteiger charge is -2.20. The number of benzene rings is 1. The van der Waals surface area contributed by atoms with Gasteiger partial charge in [0.1, 0.15) is 5.75 Å². The van der Waals surface area contributed by atoms with Crippen LogP contribution in [0.3, 0.4) is 0 Å². The zero-order valence-corrected chi connectivity index (χ0v) is 13.1. The van der Waals surface area contributed by atoms with Crippen LogP contribution in [-0.4, -0.2) is 56.7 Å². The minimum atomic E-state index is 0.648. The van der Waals surface area contributed by atoms with Crippen LogP contribution >= 0.6 is 0 Å². The number of hydrogen-bond donors (Lipinski definition) is 0. The van der Waals surface area contributed by atoms with Crippen molar-refractivity contribution in [3.63, 3.8) is 0 Å². The highest BCUT2D eigenvalue weighted by Crippen LogP contribution is 2.15. The molecule has 1 unspecified atom stereocenters. The molecule has 1 aliphatic heterocycles. The molecule has 0 aliphatic carbocycles. The van der Waals surface area contributed by atoms with Crippen LogP contribution < -0.4 is 4.74 Å². The molecule has 2 rings (SSSR count). The summed E-state index contributed by atoms with van der Waals surface area (Å²) in [6, 6.07) is 9.47. The Balaban J connectivity index is 1.61. The smallest absolute Gasteiger partial charge is 0.120 e. The van der Waals surface area contributed by atoms with Gasteiger partial charge in [-0.3, -0.25) is 0 Å². The molecule has 4 nitrogen and oxygen atoms in total. The largest absolute Gasteiger partial charge is 0.494 e. The van der Waals surface area contributed by atoms with Crippen molar-refractivity contribution >= 4 is 0 Å². The second kappa shape index (κ2) is 8.02. The van der Waals surface area contributed by atoms with E-state index in [1.807, 2.05) is 12.1 Å². The van der Waals surface area contributed by atoms with Crippen molar-refractivity contribution in [2.45, 2.75) is 12.8 Å². The van der Waals surface area contributed by atoms with E-state index in [-0.39, 0.29) is 0 Å². The number of nitrogens with zero attached hydrogens (tertiary/aromatic N) is 3. The van der Waals surface area contributed by atoms with E-state index in [0.717, 1.165) is 24.6 Å². The Morgan fingerprint density at radius 1 is 1.48 bits per heavy atom. The molecule has 0 aromatic heterocycles. The van der Waals surface area contributed by atoms with Gasteiger partial charge in [0.2, 0.25) is 0 Å². The van der Waals surface area contributed by atoms with Crippen molar-refractivity contribution in [2.24, 2.45) is 5.92 Å². The lowest BCUT2D eigenvalue weighted by Crippen LogP contribution is -2.29. The first-order valence-electron chi connectivity index (χ1n) is 7.67. The van der Waals surface area contributed by atoms with Crippen molar-refractivity contribution in [3.8, 4) is 11.8 Å². The summed E-state index contributed by atoms with van der Waals surface area (Å²) >= 11 is 0. The fraction of sp³-hybridized carbons (Fsp3) is 0.588. The molecule has 21 heavy (non-hydrogen) atoms. The van der Waals surface area contributed by atoms with Crippen molar-refractivity contribution in [3.05, 3.63) is 29.8 Å². The topological polar surface area (TPSA) is 39.5 Å². The summed E-state index contributed by atoms with van der Waals surface area (Å²) in [4.78, 5) is 4.81. The van der Waals surface area contributed by atoms with Gasteiger partial charge < -0.3 is 14.5 Å². The SMILES string of the molecule is CN(CCCOc1cccc(C#N)c1)CC1CCN(C)C1. The molecule has 4 heteroatoms. The summed E-state index contributed by atoms with van der Waals surface area (Å²) in [5.74, 6) is 1.60. The summed E-state index contributed by atoms with van der Waals surface area (Å²) in [5.41, 5.74) is 0.648. The number of nitriles is 1. The summed E-state index contributed by atoms with van der Waals surface area (Å²) in [5, 5.41) is 8.85. The fourth-order valence-electron chi connectivity index (χ4n) is 2.89. The normalized spacial score (nSPS) is 18.9. The maximum absolute atomic E-state index is 8.85. The number of rotatable bonds is 7. The van der Waals surface area contributed by atoms with Crippen LogP contribution in [0.2, 0.25) is 0 Å². The van der Waals surface area contributed by atoms with Gasteiger partial charge in [-0.25, -0.2) is 0 Å². The molecule has 114 valence electrons. The highest BCUT2D eigenvalue weighted by molar-refractivity contribution is 5.36. The Morgan fingerprint density at radius 3 is 3.05 bits per heavy atom. The maximum atomic E-state index is 8.85. The van der Waals surface area contributed by atoms with Crippen molar-refractivity contribution < 1.29 is 4.74 Å². The van der Waals surface area contributed by atoms with Gasteiger partial charge in [-0.05, 0) is 57.6 Å². The lowest BCUT2D eigenvalue weighted by atomic mass is 10.1. The van der Waals surface area contributed by atoms with E-state index in [0.29, 0.717) is 12.2 Å². The fourth-order valence-corrected chi connectivity index (χ4v) is 2.89. The second-order valence-corrected chi connectivity index (χ2v) is 6.02. The Kier molecular flexibility index (Phi) is 6.04. The van der Waals surface area contributed by atoms with Crippen LogP contribution in [0.4, 0.5) is 0 Å². The predicted molar refractivity (Wildman–Crippen MR) is 84.4 cm³/mol. The van der Waals surface area contributed by atoms with E-state index in [4.69, 9.17) is 10.00 Å².